The lowest BCUT2D eigenvalue weighted by atomic mass is 9.87. The second kappa shape index (κ2) is 7.29. The van der Waals surface area contributed by atoms with Gasteiger partial charge in [-0.3, -0.25) is 4.79 Å². The number of hydrogen-bond acceptors (Lipinski definition) is 4. The monoisotopic (exact) mass is 336 g/mol. The molecule has 1 saturated heterocycles. The zero-order chi connectivity index (χ0) is 16.2. The number of amides is 3. The maximum atomic E-state index is 12.5. The third-order valence-corrected chi connectivity index (χ3v) is 5.82. The highest BCUT2D eigenvalue weighted by atomic mass is 32.1. The SMILES string of the molecule is CCc1cnc(CCNC(=O)N2CC(=O)N[C@H]3CCCC[C@@H]32)s1. The van der Waals surface area contributed by atoms with Crippen LogP contribution >= 0.6 is 11.3 Å². The third kappa shape index (κ3) is 3.83. The Labute approximate surface area is 140 Å². The van der Waals surface area contributed by atoms with Crippen molar-refractivity contribution < 1.29 is 9.59 Å². The lowest BCUT2D eigenvalue weighted by Crippen LogP contribution is -2.64. The van der Waals surface area contributed by atoms with Crippen LogP contribution in [0, 0.1) is 0 Å². The van der Waals surface area contributed by atoms with Crippen molar-refractivity contribution in [2.24, 2.45) is 0 Å². The lowest BCUT2D eigenvalue weighted by molar-refractivity contribution is -0.126. The van der Waals surface area contributed by atoms with Crippen LogP contribution in [0.25, 0.3) is 0 Å². The first-order valence-electron chi connectivity index (χ1n) is 8.44. The largest absolute Gasteiger partial charge is 0.350 e. The Balaban J connectivity index is 1.53. The molecule has 1 aromatic rings. The molecule has 0 aromatic carbocycles. The van der Waals surface area contributed by atoms with Gasteiger partial charge in [0, 0.05) is 30.1 Å². The average Bonchev–Trinajstić information content (AvgIpc) is 3.02. The Bertz CT molecular complexity index is 574. The summed E-state index contributed by atoms with van der Waals surface area (Å²) >= 11 is 1.70. The quantitative estimate of drug-likeness (QED) is 0.879. The first-order valence-corrected chi connectivity index (χ1v) is 9.26. The maximum absolute atomic E-state index is 12.5. The van der Waals surface area contributed by atoms with Crippen molar-refractivity contribution >= 4 is 23.3 Å². The molecule has 3 amide bonds. The number of piperazine rings is 1. The number of carbonyl (C=O) groups is 2. The predicted molar refractivity (Wildman–Crippen MR) is 89.5 cm³/mol. The van der Waals surface area contributed by atoms with E-state index in [1.54, 1.807) is 16.2 Å². The standard InChI is InChI=1S/C16H24N4O2S/c1-2-11-9-18-15(23-11)7-8-17-16(22)20-10-14(21)19-12-5-3-4-6-13(12)20/h9,12-13H,2-8,10H2,1H3,(H,17,22)(H,19,21)/t12-,13-/m0/s1. The molecule has 2 heterocycles. The van der Waals surface area contributed by atoms with E-state index in [1.165, 1.54) is 4.88 Å². The summed E-state index contributed by atoms with van der Waals surface area (Å²) in [4.78, 5) is 31.6. The number of aromatic nitrogens is 1. The molecule has 2 aliphatic rings. The minimum absolute atomic E-state index is 0.0455. The van der Waals surface area contributed by atoms with Crippen LogP contribution in [0.4, 0.5) is 4.79 Å². The van der Waals surface area contributed by atoms with Gasteiger partial charge in [0.05, 0.1) is 11.0 Å². The van der Waals surface area contributed by atoms with Gasteiger partial charge >= 0.3 is 6.03 Å². The van der Waals surface area contributed by atoms with Gasteiger partial charge in [0.2, 0.25) is 5.91 Å². The van der Waals surface area contributed by atoms with Gasteiger partial charge in [-0.25, -0.2) is 9.78 Å². The fraction of sp³-hybridized carbons (Fsp3) is 0.688. The smallest absolute Gasteiger partial charge is 0.318 e. The van der Waals surface area contributed by atoms with Crippen molar-refractivity contribution in [2.45, 2.75) is 57.5 Å². The molecule has 6 nitrogen and oxygen atoms in total. The molecule has 1 aliphatic carbocycles. The number of rotatable bonds is 4. The topological polar surface area (TPSA) is 74.3 Å². The second-order valence-electron chi connectivity index (χ2n) is 6.21. The van der Waals surface area contributed by atoms with E-state index < -0.39 is 0 Å². The number of fused-ring (bicyclic) bond motifs is 1. The van der Waals surface area contributed by atoms with Crippen molar-refractivity contribution in [2.75, 3.05) is 13.1 Å². The van der Waals surface area contributed by atoms with Crippen LogP contribution in [0.3, 0.4) is 0 Å². The number of hydrogen-bond donors (Lipinski definition) is 2. The summed E-state index contributed by atoms with van der Waals surface area (Å²) in [5.74, 6) is -0.0455. The van der Waals surface area contributed by atoms with Gasteiger partial charge < -0.3 is 15.5 Å². The molecule has 0 bridgehead atoms. The average molecular weight is 336 g/mol. The van der Waals surface area contributed by atoms with Crippen LogP contribution in [-0.4, -0.2) is 47.0 Å². The van der Waals surface area contributed by atoms with E-state index >= 15 is 0 Å². The molecule has 1 saturated carbocycles. The maximum Gasteiger partial charge on any atom is 0.318 e. The summed E-state index contributed by atoms with van der Waals surface area (Å²) in [5.41, 5.74) is 0. The van der Waals surface area contributed by atoms with Crippen LogP contribution < -0.4 is 10.6 Å². The summed E-state index contributed by atoms with van der Waals surface area (Å²) in [7, 11) is 0. The van der Waals surface area contributed by atoms with E-state index in [2.05, 4.69) is 22.5 Å². The highest BCUT2D eigenvalue weighted by molar-refractivity contribution is 7.11. The number of nitrogens with zero attached hydrogens (tertiary/aromatic N) is 2. The minimum Gasteiger partial charge on any atom is -0.350 e. The molecule has 2 fully saturated rings. The van der Waals surface area contributed by atoms with Crippen LogP contribution in [0.5, 0.6) is 0 Å². The van der Waals surface area contributed by atoms with Crippen molar-refractivity contribution in [3.05, 3.63) is 16.1 Å². The molecule has 2 N–H and O–H groups in total. The Morgan fingerprint density at radius 2 is 2.30 bits per heavy atom. The molecule has 0 radical (unpaired) electrons. The van der Waals surface area contributed by atoms with Crippen LogP contribution in [-0.2, 0) is 17.6 Å². The van der Waals surface area contributed by atoms with Gasteiger partial charge in [-0.1, -0.05) is 19.8 Å². The van der Waals surface area contributed by atoms with E-state index in [0.29, 0.717) is 6.54 Å². The van der Waals surface area contributed by atoms with Gasteiger partial charge in [-0.15, -0.1) is 11.3 Å². The minimum atomic E-state index is -0.121. The van der Waals surface area contributed by atoms with Gasteiger partial charge in [-0.2, -0.15) is 0 Å². The number of aryl methyl sites for hydroxylation is 1. The predicted octanol–water partition coefficient (Wildman–Crippen LogP) is 1.70. The molecule has 23 heavy (non-hydrogen) atoms. The van der Waals surface area contributed by atoms with Gasteiger partial charge in [0.25, 0.3) is 0 Å². The summed E-state index contributed by atoms with van der Waals surface area (Å²) in [5, 5.41) is 7.03. The Morgan fingerprint density at radius 3 is 3.09 bits per heavy atom. The molecule has 3 rings (SSSR count). The van der Waals surface area contributed by atoms with Gasteiger partial charge in [0.15, 0.2) is 0 Å². The molecule has 0 spiro atoms. The third-order valence-electron chi connectivity index (χ3n) is 4.62. The first kappa shape index (κ1) is 16.2. The fourth-order valence-corrected chi connectivity index (χ4v) is 4.27. The normalized spacial score (nSPS) is 24.0. The highest BCUT2D eigenvalue weighted by Gasteiger charge is 2.38. The van der Waals surface area contributed by atoms with Gasteiger partial charge in [0.1, 0.15) is 6.54 Å². The van der Waals surface area contributed by atoms with Crippen LogP contribution in [0.2, 0.25) is 0 Å². The summed E-state index contributed by atoms with van der Waals surface area (Å²) in [6, 6.07) is 0.152. The Kier molecular flexibility index (Phi) is 5.15. The molecule has 126 valence electrons. The molecule has 1 aromatic heterocycles. The van der Waals surface area contributed by atoms with Crippen molar-refractivity contribution in [1.82, 2.24) is 20.5 Å². The van der Waals surface area contributed by atoms with Crippen molar-refractivity contribution in [1.29, 1.82) is 0 Å². The molecule has 7 heteroatoms. The molecule has 1 aliphatic heterocycles. The van der Waals surface area contributed by atoms with E-state index in [0.717, 1.165) is 43.5 Å². The molecule has 0 unspecified atom stereocenters. The molecule has 2 atom stereocenters. The highest BCUT2D eigenvalue weighted by Crippen LogP contribution is 2.25. The van der Waals surface area contributed by atoms with Gasteiger partial charge in [-0.05, 0) is 19.3 Å². The second-order valence-corrected chi connectivity index (χ2v) is 7.41. The molecular formula is C16H24N4O2S. The number of nitrogens with one attached hydrogen (secondary N) is 2. The Morgan fingerprint density at radius 1 is 1.48 bits per heavy atom. The van der Waals surface area contributed by atoms with E-state index in [1.807, 2.05) is 6.20 Å². The fourth-order valence-electron chi connectivity index (χ4n) is 3.40. The summed E-state index contributed by atoms with van der Waals surface area (Å²) in [6.07, 6.45) is 7.84. The number of urea groups is 1. The van der Waals surface area contributed by atoms with E-state index in [9.17, 15) is 9.59 Å². The zero-order valence-corrected chi connectivity index (χ0v) is 14.3. The van der Waals surface area contributed by atoms with Crippen LogP contribution in [0.15, 0.2) is 6.20 Å². The molecular weight excluding hydrogens is 312 g/mol. The van der Waals surface area contributed by atoms with Crippen molar-refractivity contribution in [3.63, 3.8) is 0 Å². The first-order chi connectivity index (χ1) is 11.2. The lowest BCUT2D eigenvalue weighted by Gasteiger charge is -2.43. The van der Waals surface area contributed by atoms with Crippen LogP contribution in [0.1, 0.15) is 42.5 Å². The van der Waals surface area contributed by atoms with E-state index in [-0.39, 0.29) is 30.6 Å². The van der Waals surface area contributed by atoms with Crippen molar-refractivity contribution in [3.8, 4) is 0 Å². The number of thiazole rings is 1. The zero-order valence-electron chi connectivity index (χ0n) is 13.5. The number of carbonyl (C=O) groups excluding carboxylic acids is 2. The Hall–Kier alpha value is -1.63. The summed E-state index contributed by atoms with van der Waals surface area (Å²) in [6.45, 7) is 2.84. The van der Waals surface area contributed by atoms with E-state index in [4.69, 9.17) is 0 Å². The summed E-state index contributed by atoms with van der Waals surface area (Å²) < 4.78 is 0.